The molecular formula is C17H26N4O. The summed E-state index contributed by atoms with van der Waals surface area (Å²) < 4.78 is 0. The molecule has 0 radical (unpaired) electrons. The van der Waals surface area contributed by atoms with Gasteiger partial charge in [0.15, 0.2) is 0 Å². The maximum absolute atomic E-state index is 12.3. The van der Waals surface area contributed by atoms with Crippen molar-refractivity contribution in [1.29, 1.82) is 0 Å². The number of pyridine rings is 1. The minimum absolute atomic E-state index is 0.331. The third-order valence-corrected chi connectivity index (χ3v) is 4.75. The molecule has 2 aliphatic rings. The van der Waals surface area contributed by atoms with Crippen LogP contribution in [0.5, 0.6) is 0 Å². The maximum atomic E-state index is 12.3. The van der Waals surface area contributed by atoms with Crippen LogP contribution in [-0.2, 0) is 11.3 Å². The van der Waals surface area contributed by atoms with Crippen LogP contribution in [-0.4, -0.2) is 59.5 Å². The molecule has 1 aromatic heterocycles. The van der Waals surface area contributed by atoms with E-state index >= 15 is 0 Å². The number of hydrogen-bond donors (Lipinski definition) is 1. The van der Waals surface area contributed by atoms with E-state index in [1.54, 1.807) is 0 Å². The van der Waals surface area contributed by atoms with Gasteiger partial charge >= 0.3 is 0 Å². The Morgan fingerprint density at radius 3 is 2.68 bits per heavy atom. The molecule has 2 fully saturated rings. The van der Waals surface area contributed by atoms with Gasteiger partial charge in [0.05, 0.1) is 0 Å². The monoisotopic (exact) mass is 302 g/mol. The van der Waals surface area contributed by atoms with Crippen molar-refractivity contribution in [2.75, 3.05) is 32.7 Å². The van der Waals surface area contributed by atoms with Crippen LogP contribution in [0, 0.1) is 0 Å². The predicted molar refractivity (Wildman–Crippen MR) is 86.4 cm³/mol. The number of carbonyl (C=O) groups is 1. The van der Waals surface area contributed by atoms with Crippen molar-refractivity contribution in [1.82, 2.24) is 20.1 Å². The Labute approximate surface area is 132 Å². The van der Waals surface area contributed by atoms with E-state index in [1.807, 2.05) is 17.3 Å². The molecule has 1 aromatic rings. The summed E-state index contributed by atoms with van der Waals surface area (Å²) in [5.74, 6) is 0.331. The van der Waals surface area contributed by atoms with Crippen LogP contribution in [0.1, 0.15) is 31.2 Å². The van der Waals surface area contributed by atoms with Crippen molar-refractivity contribution in [3.8, 4) is 0 Å². The second kappa shape index (κ2) is 7.70. The average Bonchev–Trinajstić information content (AvgIpc) is 3.08. The van der Waals surface area contributed by atoms with Gasteiger partial charge in [-0.2, -0.15) is 0 Å². The van der Waals surface area contributed by atoms with Crippen LogP contribution < -0.4 is 5.32 Å². The first-order valence-electron chi connectivity index (χ1n) is 8.44. The summed E-state index contributed by atoms with van der Waals surface area (Å²) in [5, 5.41) is 3.47. The van der Waals surface area contributed by atoms with E-state index < -0.39 is 0 Å². The van der Waals surface area contributed by atoms with Crippen molar-refractivity contribution in [2.45, 2.75) is 38.3 Å². The van der Waals surface area contributed by atoms with E-state index in [0.717, 1.165) is 45.7 Å². The van der Waals surface area contributed by atoms with E-state index in [0.29, 0.717) is 18.4 Å². The van der Waals surface area contributed by atoms with E-state index in [2.05, 4.69) is 27.3 Å². The lowest BCUT2D eigenvalue weighted by Gasteiger charge is -2.35. The zero-order valence-corrected chi connectivity index (χ0v) is 13.2. The van der Waals surface area contributed by atoms with Gasteiger partial charge in [0.2, 0.25) is 5.91 Å². The molecule has 3 rings (SSSR count). The van der Waals surface area contributed by atoms with Crippen LogP contribution in [0.15, 0.2) is 24.5 Å². The Kier molecular flexibility index (Phi) is 5.40. The molecule has 1 unspecified atom stereocenters. The fraction of sp³-hybridized carbons (Fsp3) is 0.647. The van der Waals surface area contributed by atoms with Gasteiger partial charge < -0.3 is 10.2 Å². The van der Waals surface area contributed by atoms with Crippen LogP contribution in [0.25, 0.3) is 0 Å². The molecule has 2 aliphatic heterocycles. The molecule has 120 valence electrons. The molecule has 22 heavy (non-hydrogen) atoms. The zero-order valence-electron chi connectivity index (χ0n) is 13.2. The van der Waals surface area contributed by atoms with Crippen molar-refractivity contribution >= 4 is 5.91 Å². The van der Waals surface area contributed by atoms with Crippen LogP contribution in [0.3, 0.4) is 0 Å². The topological polar surface area (TPSA) is 48.5 Å². The van der Waals surface area contributed by atoms with Gasteiger partial charge in [0, 0.05) is 57.6 Å². The summed E-state index contributed by atoms with van der Waals surface area (Å²) in [7, 11) is 0. The fourth-order valence-electron chi connectivity index (χ4n) is 3.36. The molecule has 5 heteroatoms. The predicted octanol–water partition coefficient (Wildman–Crippen LogP) is 1.26. The second-order valence-electron chi connectivity index (χ2n) is 6.34. The Balaban J connectivity index is 1.38. The minimum Gasteiger partial charge on any atom is -0.340 e. The number of nitrogens with zero attached hydrogens (tertiary/aromatic N) is 3. The Bertz CT molecular complexity index is 465. The summed E-state index contributed by atoms with van der Waals surface area (Å²) >= 11 is 0. The first kappa shape index (κ1) is 15.4. The lowest BCUT2D eigenvalue weighted by atomic mass is 10.1. The molecular weight excluding hydrogens is 276 g/mol. The van der Waals surface area contributed by atoms with Crippen molar-refractivity contribution in [3.63, 3.8) is 0 Å². The molecule has 0 aromatic carbocycles. The van der Waals surface area contributed by atoms with Gasteiger partial charge in [-0.05, 0) is 43.5 Å². The van der Waals surface area contributed by atoms with Crippen molar-refractivity contribution in [2.24, 2.45) is 0 Å². The molecule has 2 saturated heterocycles. The number of piperazine rings is 1. The smallest absolute Gasteiger partial charge is 0.222 e. The highest BCUT2D eigenvalue weighted by Crippen LogP contribution is 2.13. The first-order valence-corrected chi connectivity index (χ1v) is 8.44. The van der Waals surface area contributed by atoms with Gasteiger partial charge in [-0.25, -0.2) is 0 Å². The number of rotatable bonds is 5. The largest absolute Gasteiger partial charge is 0.340 e. The van der Waals surface area contributed by atoms with Crippen LogP contribution in [0.2, 0.25) is 0 Å². The molecule has 0 bridgehead atoms. The summed E-state index contributed by atoms with van der Waals surface area (Å²) in [6.45, 7) is 5.73. The third kappa shape index (κ3) is 4.27. The third-order valence-electron chi connectivity index (χ3n) is 4.75. The Morgan fingerprint density at radius 1 is 1.23 bits per heavy atom. The summed E-state index contributed by atoms with van der Waals surface area (Å²) in [4.78, 5) is 20.8. The van der Waals surface area contributed by atoms with E-state index in [4.69, 9.17) is 0 Å². The molecule has 0 saturated carbocycles. The van der Waals surface area contributed by atoms with Crippen molar-refractivity contribution in [3.05, 3.63) is 30.1 Å². The van der Waals surface area contributed by atoms with E-state index in [9.17, 15) is 4.79 Å². The van der Waals surface area contributed by atoms with Crippen LogP contribution in [0.4, 0.5) is 0 Å². The van der Waals surface area contributed by atoms with Gasteiger partial charge in [0.1, 0.15) is 0 Å². The standard InChI is InChI=1S/C17H26N4O/c22-17(4-3-16-2-1-7-19-16)21-12-10-20(11-13-21)14-15-5-8-18-9-6-15/h5-6,8-9,16,19H,1-4,7,10-14H2. The molecule has 1 N–H and O–H groups in total. The molecule has 0 spiro atoms. The highest BCUT2D eigenvalue weighted by atomic mass is 16.2. The lowest BCUT2D eigenvalue weighted by molar-refractivity contribution is -0.133. The molecule has 5 nitrogen and oxygen atoms in total. The van der Waals surface area contributed by atoms with Gasteiger partial charge in [-0.15, -0.1) is 0 Å². The highest BCUT2D eigenvalue weighted by molar-refractivity contribution is 5.76. The molecule has 1 atom stereocenters. The number of nitrogens with one attached hydrogen (secondary N) is 1. The summed E-state index contributed by atoms with van der Waals surface area (Å²) in [6.07, 6.45) is 7.86. The number of amides is 1. The average molecular weight is 302 g/mol. The van der Waals surface area contributed by atoms with Crippen LogP contribution >= 0.6 is 0 Å². The SMILES string of the molecule is O=C(CCC1CCCN1)N1CCN(Cc2ccncc2)CC1. The number of carbonyl (C=O) groups excluding carboxylic acids is 1. The Morgan fingerprint density at radius 2 is 2.00 bits per heavy atom. The maximum Gasteiger partial charge on any atom is 0.222 e. The lowest BCUT2D eigenvalue weighted by Crippen LogP contribution is -2.48. The first-order chi connectivity index (χ1) is 10.8. The molecule has 1 amide bonds. The highest BCUT2D eigenvalue weighted by Gasteiger charge is 2.22. The molecule has 3 heterocycles. The quantitative estimate of drug-likeness (QED) is 0.889. The summed E-state index contributed by atoms with van der Waals surface area (Å²) in [6, 6.07) is 4.69. The van der Waals surface area contributed by atoms with E-state index in [1.165, 1.54) is 18.4 Å². The number of hydrogen-bond acceptors (Lipinski definition) is 4. The normalized spacial score (nSPS) is 22.9. The summed E-state index contributed by atoms with van der Waals surface area (Å²) in [5.41, 5.74) is 1.29. The van der Waals surface area contributed by atoms with E-state index in [-0.39, 0.29) is 0 Å². The second-order valence-corrected chi connectivity index (χ2v) is 6.34. The minimum atomic E-state index is 0.331. The van der Waals surface area contributed by atoms with Gasteiger partial charge in [-0.3, -0.25) is 14.7 Å². The van der Waals surface area contributed by atoms with Gasteiger partial charge in [0.25, 0.3) is 0 Å². The van der Waals surface area contributed by atoms with Crippen molar-refractivity contribution < 1.29 is 4.79 Å². The Hall–Kier alpha value is -1.46. The molecule has 0 aliphatic carbocycles. The number of aromatic nitrogens is 1. The zero-order chi connectivity index (χ0) is 15.2. The fourth-order valence-corrected chi connectivity index (χ4v) is 3.36. The van der Waals surface area contributed by atoms with Gasteiger partial charge in [-0.1, -0.05) is 0 Å².